The van der Waals surface area contributed by atoms with Crippen molar-refractivity contribution in [2.45, 2.75) is 50.6 Å². The minimum Gasteiger partial charge on any atom is -0.497 e. The molecule has 0 saturated heterocycles. The highest BCUT2D eigenvalue weighted by Gasteiger charge is 2.49. The highest BCUT2D eigenvalue weighted by atomic mass is 28.4. The molecule has 5 nitrogen and oxygen atoms in total. The molecule has 2 N–H and O–H groups in total. The molecular weight excluding hydrogens is 396 g/mol. The number of aliphatic hydroxyl groups excluding tert-OH is 1. The van der Waals surface area contributed by atoms with Crippen LogP contribution in [-0.4, -0.2) is 50.6 Å². The van der Waals surface area contributed by atoms with Crippen LogP contribution in [0, 0.1) is 5.92 Å². The molecule has 1 aliphatic rings. The summed E-state index contributed by atoms with van der Waals surface area (Å²) in [6.07, 6.45) is 6.66. The Morgan fingerprint density at radius 2 is 1.80 bits per heavy atom. The monoisotopic (exact) mass is 432 g/mol. The van der Waals surface area contributed by atoms with E-state index in [1.165, 1.54) is 0 Å². The van der Waals surface area contributed by atoms with Gasteiger partial charge in [-0.1, -0.05) is 51.7 Å². The minimum atomic E-state index is -2.11. The first kappa shape index (κ1) is 24.4. The molecule has 0 aromatic heterocycles. The van der Waals surface area contributed by atoms with Gasteiger partial charge in [-0.15, -0.1) is 0 Å². The average molecular weight is 433 g/mol. The third-order valence-corrected chi connectivity index (χ3v) is 10.6. The molecule has 3 atom stereocenters. The molecule has 0 spiro atoms. The van der Waals surface area contributed by atoms with Crippen molar-refractivity contribution in [1.82, 2.24) is 0 Å². The number of allylic oxidation sites excluding steroid dienone is 2. The van der Waals surface area contributed by atoms with Crippen LogP contribution in [0.25, 0.3) is 0 Å². The van der Waals surface area contributed by atoms with Crippen molar-refractivity contribution in [2.75, 3.05) is 20.3 Å². The van der Waals surface area contributed by atoms with Crippen LogP contribution in [0.15, 0.2) is 60.7 Å². The van der Waals surface area contributed by atoms with Crippen LogP contribution in [0.2, 0.25) is 18.1 Å². The van der Waals surface area contributed by atoms with Gasteiger partial charge in [0.1, 0.15) is 23.7 Å². The zero-order valence-electron chi connectivity index (χ0n) is 19.0. The second-order valence-electron chi connectivity index (χ2n) is 9.27. The summed E-state index contributed by atoms with van der Waals surface area (Å²) in [5.74, 6) is 0.898. The van der Waals surface area contributed by atoms with Crippen LogP contribution in [0.4, 0.5) is 0 Å². The second-order valence-corrected chi connectivity index (χ2v) is 14.0. The summed E-state index contributed by atoms with van der Waals surface area (Å²) < 4.78 is 17.7. The predicted molar refractivity (Wildman–Crippen MR) is 124 cm³/mol. The SMILES string of the molecule is C=C/C=C(/CO)[C@@H]1[C@H](O[Si](C)(C)C(C)(C)C)C=C[C@@]1(O)COc1ccc(OC)cc1. The molecule has 0 unspecified atom stereocenters. The molecule has 0 bridgehead atoms. The smallest absolute Gasteiger partial charge is 0.192 e. The Bertz CT molecular complexity index is 776. The maximum Gasteiger partial charge on any atom is 0.192 e. The molecular formula is C24H36O5Si. The number of rotatable bonds is 9. The fourth-order valence-electron chi connectivity index (χ4n) is 3.33. The third kappa shape index (κ3) is 5.43. The summed E-state index contributed by atoms with van der Waals surface area (Å²) in [4.78, 5) is 0. The van der Waals surface area contributed by atoms with E-state index in [9.17, 15) is 10.2 Å². The predicted octanol–water partition coefficient (Wildman–Crippen LogP) is 4.49. The third-order valence-electron chi connectivity index (χ3n) is 6.12. The van der Waals surface area contributed by atoms with Crippen molar-refractivity contribution < 1.29 is 24.1 Å². The average Bonchev–Trinajstić information content (AvgIpc) is 3.00. The van der Waals surface area contributed by atoms with Crippen LogP contribution in [0.5, 0.6) is 11.5 Å². The summed E-state index contributed by atoms with van der Waals surface area (Å²) in [7, 11) is -0.496. The van der Waals surface area contributed by atoms with E-state index < -0.39 is 19.8 Å². The van der Waals surface area contributed by atoms with Crippen LogP contribution >= 0.6 is 0 Å². The molecule has 0 fully saturated rings. The topological polar surface area (TPSA) is 68.2 Å². The van der Waals surface area contributed by atoms with E-state index in [-0.39, 0.29) is 24.4 Å². The van der Waals surface area contributed by atoms with E-state index in [0.29, 0.717) is 11.3 Å². The zero-order valence-corrected chi connectivity index (χ0v) is 20.0. The molecule has 1 aromatic carbocycles. The van der Waals surface area contributed by atoms with Crippen molar-refractivity contribution >= 4 is 8.32 Å². The van der Waals surface area contributed by atoms with Crippen LogP contribution < -0.4 is 9.47 Å². The summed E-state index contributed by atoms with van der Waals surface area (Å²) in [6.45, 7) is 14.5. The number of methoxy groups -OCH3 is 1. The van der Waals surface area contributed by atoms with Gasteiger partial charge in [-0.25, -0.2) is 0 Å². The normalized spacial score (nSPS) is 24.7. The van der Waals surface area contributed by atoms with Crippen LogP contribution in [0.1, 0.15) is 20.8 Å². The summed E-state index contributed by atoms with van der Waals surface area (Å²) in [6, 6.07) is 7.21. The molecule has 0 aliphatic heterocycles. The molecule has 1 aliphatic carbocycles. The van der Waals surface area contributed by atoms with Crippen molar-refractivity contribution in [1.29, 1.82) is 0 Å². The lowest BCUT2D eigenvalue weighted by atomic mass is 9.83. The number of hydrogen-bond acceptors (Lipinski definition) is 5. The lowest BCUT2D eigenvalue weighted by molar-refractivity contribution is -0.0220. The van der Waals surface area contributed by atoms with Gasteiger partial charge in [-0.3, -0.25) is 0 Å². The first-order chi connectivity index (χ1) is 14.0. The Hall–Kier alpha value is -1.86. The highest BCUT2D eigenvalue weighted by Crippen LogP contribution is 2.43. The van der Waals surface area contributed by atoms with Crippen molar-refractivity contribution in [3.05, 3.63) is 60.7 Å². The molecule has 30 heavy (non-hydrogen) atoms. The lowest BCUT2D eigenvalue weighted by Crippen LogP contribution is -2.50. The summed E-state index contributed by atoms with van der Waals surface area (Å²) in [5, 5.41) is 21.6. The van der Waals surface area contributed by atoms with Crippen molar-refractivity contribution in [2.24, 2.45) is 5.92 Å². The van der Waals surface area contributed by atoms with Gasteiger partial charge in [0.15, 0.2) is 8.32 Å². The molecule has 1 aromatic rings. The summed E-state index contributed by atoms with van der Waals surface area (Å²) in [5.41, 5.74) is -0.649. The summed E-state index contributed by atoms with van der Waals surface area (Å²) >= 11 is 0. The van der Waals surface area contributed by atoms with Gasteiger partial charge in [0, 0.05) is 5.92 Å². The number of hydrogen-bond donors (Lipinski definition) is 2. The first-order valence-electron chi connectivity index (χ1n) is 10.3. The number of benzene rings is 1. The standard InChI is InChI=1S/C24H36O5Si/c1-8-9-18(16-25)22-21(29-30(6,7)23(2,3)4)14-15-24(22,26)17-28-20-12-10-19(27-5)11-13-20/h8-15,21-22,25-26H,1,16-17H2,2-7H3/b18-9-/t21-,22-,24-/m1/s1. The molecule has 2 rings (SSSR count). The molecule has 166 valence electrons. The Morgan fingerprint density at radius 1 is 1.20 bits per heavy atom. The van der Waals surface area contributed by atoms with E-state index in [1.807, 2.05) is 18.2 Å². The Morgan fingerprint density at radius 3 is 2.30 bits per heavy atom. The fourth-order valence-corrected chi connectivity index (χ4v) is 4.58. The van der Waals surface area contributed by atoms with Crippen molar-refractivity contribution in [3.63, 3.8) is 0 Å². The van der Waals surface area contributed by atoms with Crippen LogP contribution in [-0.2, 0) is 4.43 Å². The van der Waals surface area contributed by atoms with Gasteiger partial charge in [0.25, 0.3) is 0 Å². The lowest BCUT2D eigenvalue weighted by Gasteiger charge is -2.42. The minimum absolute atomic E-state index is 0.0211. The zero-order chi connectivity index (χ0) is 22.6. The second kappa shape index (κ2) is 9.52. The highest BCUT2D eigenvalue weighted by molar-refractivity contribution is 6.74. The number of ether oxygens (including phenoxy) is 2. The largest absolute Gasteiger partial charge is 0.497 e. The van der Waals surface area contributed by atoms with E-state index in [0.717, 1.165) is 5.75 Å². The van der Waals surface area contributed by atoms with E-state index in [2.05, 4.69) is 40.4 Å². The van der Waals surface area contributed by atoms with E-state index >= 15 is 0 Å². The molecule has 0 amide bonds. The maximum atomic E-state index is 11.5. The van der Waals surface area contributed by atoms with Crippen LogP contribution in [0.3, 0.4) is 0 Å². The Kier molecular flexibility index (Phi) is 7.74. The van der Waals surface area contributed by atoms with Gasteiger partial charge in [0.2, 0.25) is 0 Å². The van der Waals surface area contributed by atoms with Gasteiger partial charge in [-0.05, 0) is 48.0 Å². The molecule has 0 heterocycles. The Balaban J connectivity index is 2.28. The fraction of sp³-hybridized carbons (Fsp3) is 0.500. The van der Waals surface area contributed by atoms with Gasteiger partial charge >= 0.3 is 0 Å². The quantitative estimate of drug-likeness (QED) is 0.342. The van der Waals surface area contributed by atoms with E-state index in [4.69, 9.17) is 13.9 Å². The van der Waals surface area contributed by atoms with Gasteiger partial charge < -0.3 is 24.1 Å². The van der Waals surface area contributed by atoms with Gasteiger partial charge in [-0.2, -0.15) is 0 Å². The molecule has 6 heteroatoms. The first-order valence-corrected chi connectivity index (χ1v) is 13.2. The Labute approximate surface area is 181 Å². The maximum absolute atomic E-state index is 11.5. The van der Waals surface area contributed by atoms with Crippen molar-refractivity contribution in [3.8, 4) is 11.5 Å². The van der Waals surface area contributed by atoms with E-state index in [1.54, 1.807) is 37.5 Å². The molecule has 0 saturated carbocycles. The number of aliphatic hydroxyl groups is 2. The molecule has 0 radical (unpaired) electrons. The van der Waals surface area contributed by atoms with Gasteiger partial charge in [0.05, 0.1) is 19.8 Å².